The van der Waals surface area contributed by atoms with Crippen LogP contribution in [0.4, 0.5) is 5.82 Å². The van der Waals surface area contributed by atoms with E-state index in [1.807, 2.05) is 18.2 Å². The fourth-order valence-corrected chi connectivity index (χ4v) is 4.27. The van der Waals surface area contributed by atoms with Crippen molar-refractivity contribution < 1.29 is 19.1 Å². The van der Waals surface area contributed by atoms with Gasteiger partial charge in [-0.15, -0.1) is 0 Å². The molecule has 32 heavy (non-hydrogen) atoms. The Balaban J connectivity index is 1.52. The molecule has 0 spiro atoms. The van der Waals surface area contributed by atoms with Gasteiger partial charge in [0.25, 0.3) is 0 Å². The molecule has 0 saturated carbocycles. The van der Waals surface area contributed by atoms with Crippen molar-refractivity contribution in [2.75, 3.05) is 44.2 Å². The molecule has 2 aliphatic rings. The van der Waals surface area contributed by atoms with Gasteiger partial charge in [-0.1, -0.05) is 38.7 Å². The van der Waals surface area contributed by atoms with Crippen molar-refractivity contribution >= 4 is 23.6 Å². The number of imide groups is 1. The summed E-state index contributed by atoms with van der Waals surface area (Å²) in [6.07, 6.45) is 7.50. The van der Waals surface area contributed by atoms with Gasteiger partial charge in [-0.3, -0.25) is 24.2 Å². The molecule has 0 aliphatic carbocycles. The SMILES string of the molecule is CCCCCCCC(=O)OC(CN1CCN(c2ccccn2)CC1)CN1C(=O)CCC1=O. The van der Waals surface area contributed by atoms with Crippen LogP contribution in [-0.2, 0) is 19.1 Å². The molecule has 0 N–H and O–H groups in total. The second kappa shape index (κ2) is 12.5. The Morgan fingerprint density at radius 1 is 1.00 bits per heavy atom. The molecule has 1 unspecified atom stereocenters. The highest BCUT2D eigenvalue weighted by atomic mass is 16.5. The molecule has 2 aliphatic heterocycles. The van der Waals surface area contributed by atoms with E-state index in [1.54, 1.807) is 6.20 Å². The fourth-order valence-electron chi connectivity index (χ4n) is 4.27. The fraction of sp³-hybridized carbons (Fsp3) is 0.667. The molecular weight excluding hydrogens is 408 g/mol. The summed E-state index contributed by atoms with van der Waals surface area (Å²) in [5.74, 6) is 0.385. The molecule has 2 fully saturated rings. The molecule has 0 bridgehead atoms. The Hall–Kier alpha value is -2.48. The summed E-state index contributed by atoms with van der Waals surface area (Å²) in [5.41, 5.74) is 0. The van der Waals surface area contributed by atoms with Crippen LogP contribution in [-0.4, -0.2) is 77.9 Å². The first kappa shape index (κ1) is 24.2. The van der Waals surface area contributed by atoms with Crippen molar-refractivity contribution in [1.82, 2.24) is 14.8 Å². The number of unbranched alkanes of at least 4 members (excludes halogenated alkanes) is 4. The van der Waals surface area contributed by atoms with Crippen LogP contribution >= 0.6 is 0 Å². The Labute approximate surface area is 190 Å². The average molecular weight is 445 g/mol. The zero-order valence-electron chi connectivity index (χ0n) is 19.2. The van der Waals surface area contributed by atoms with Gasteiger partial charge >= 0.3 is 5.97 Å². The minimum atomic E-state index is -0.495. The number of rotatable bonds is 12. The maximum atomic E-state index is 12.5. The average Bonchev–Trinajstić information content (AvgIpc) is 3.12. The third-order valence-corrected chi connectivity index (χ3v) is 6.13. The zero-order chi connectivity index (χ0) is 22.8. The summed E-state index contributed by atoms with van der Waals surface area (Å²) in [7, 11) is 0. The van der Waals surface area contributed by atoms with Gasteiger partial charge in [0.15, 0.2) is 0 Å². The molecule has 1 aromatic rings. The van der Waals surface area contributed by atoms with Crippen molar-refractivity contribution in [2.24, 2.45) is 0 Å². The van der Waals surface area contributed by atoms with E-state index in [9.17, 15) is 14.4 Å². The van der Waals surface area contributed by atoms with Crippen LogP contribution in [0.25, 0.3) is 0 Å². The monoisotopic (exact) mass is 444 g/mol. The molecule has 3 rings (SSSR count). The Morgan fingerprint density at radius 3 is 2.38 bits per heavy atom. The van der Waals surface area contributed by atoms with Gasteiger partial charge < -0.3 is 9.64 Å². The number of carbonyl (C=O) groups excluding carboxylic acids is 3. The summed E-state index contributed by atoms with van der Waals surface area (Å²) in [6, 6.07) is 5.89. The first-order valence-electron chi connectivity index (χ1n) is 12.0. The van der Waals surface area contributed by atoms with Gasteiger partial charge in [-0.25, -0.2) is 4.98 Å². The minimum Gasteiger partial charge on any atom is -0.459 e. The first-order chi connectivity index (χ1) is 15.6. The minimum absolute atomic E-state index is 0.152. The molecule has 1 aromatic heterocycles. The van der Waals surface area contributed by atoms with Crippen LogP contribution in [0.15, 0.2) is 24.4 Å². The van der Waals surface area contributed by atoms with E-state index in [2.05, 4.69) is 21.7 Å². The summed E-state index contributed by atoms with van der Waals surface area (Å²) < 4.78 is 5.78. The lowest BCUT2D eigenvalue weighted by atomic mass is 10.1. The van der Waals surface area contributed by atoms with Crippen LogP contribution in [0.2, 0.25) is 0 Å². The number of carbonyl (C=O) groups is 3. The highest BCUT2D eigenvalue weighted by Gasteiger charge is 2.33. The van der Waals surface area contributed by atoms with E-state index in [-0.39, 0.29) is 37.2 Å². The van der Waals surface area contributed by atoms with E-state index < -0.39 is 6.10 Å². The molecule has 0 aromatic carbocycles. The van der Waals surface area contributed by atoms with Gasteiger partial charge in [0.1, 0.15) is 11.9 Å². The number of amides is 2. The van der Waals surface area contributed by atoms with Gasteiger partial charge in [-0.2, -0.15) is 0 Å². The number of ether oxygens (including phenoxy) is 1. The number of anilines is 1. The second-order valence-electron chi connectivity index (χ2n) is 8.65. The molecule has 0 radical (unpaired) electrons. The van der Waals surface area contributed by atoms with Gasteiger partial charge in [0, 0.05) is 58.2 Å². The van der Waals surface area contributed by atoms with Crippen LogP contribution in [0.5, 0.6) is 0 Å². The maximum Gasteiger partial charge on any atom is 0.306 e. The lowest BCUT2D eigenvalue weighted by Crippen LogP contribution is -2.51. The van der Waals surface area contributed by atoms with Crippen molar-refractivity contribution in [3.63, 3.8) is 0 Å². The number of esters is 1. The van der Waals surface area contributed by atoms with Crippen LogP contribution in [0, 0.1) is 0 Å². The molecule has 2 amide bonds. The predicted molar refractivity (Wildman–Crippen MR) is 122 cm³/mol. The lowest BCUT2D eigenvalue weighted by Gasteiger charge is -2.37. The van der Waals surface area contributed by atoms with Crippen molar-refractivity contribution in [3.8, 4) is 0 Å². The van der Waals surface area contributed by atoms with Crippen molar-refractivity contribution in [3.05, 3.63) is 24.4 Å². The molecule has 3 heterocycles. The van der Waals surface area contributed by atoms with Crippen molar-refractivity contribution in [1.29, 1.82) is 0 Å². The van der Waals surface area contributed by atoms with E-state index in [1.165, 1.54) is 11.3 Å². The predicted octanol–water partition coefficient (Wildman–Crippen LogP) is 2.62. The zero-order valence-corrected chi connectivity index (χ0v) is 19.2. The first-order valence-corrected chi connectivity index (χ1v) is 12.0. The lowest BCUT2D eigenvalue weighted by molar-refractivity contribution is -0.155. The molecule has 2 saturated heterocycles. The van der Waals surface area contributed by atoms with Crippen LogP contribution in [0.3, 0.4) is 0 Å². The number of piperazine rings is 1. The normalized spacial score (nSPS) is 18.3. The van der Waals surface area contributed by atoms with Gasteiger partial charge in [-0.05, 0) is 18.6 Å². The number of pyridine rings is 1. The molecular formula is C24H36N4O4. The highest BCUT2D eigenvalue weighted by Crippen LogP contribution is 2.17. The largest absolute Gasteiger partial charge is 0.459 e. The smallest absolute Gasteiger partial charge is 0.306 e. The second-order valence-corrected chi connectivity index (χ2v) is 8.65. The van der Waals surface area contributed by atoms with E-state index >= 15 is 0 Å². The summed E-state index contributed by atoms with van der Waals surface area (Å²) in [6.45, 7) is 6.12. The maximum absolute atomic E-state index is 12.5. The summed E-state index contributed by atoms with van der Waals surface area (Å²) in [4.78, 5) is 46.8. The molecule has 1 atom stereocenters. The van der Waals surface area contributed by atoms with E-state index in [0.29, 0.717) is 13.0 Å². The van der Waals surface area contributed by atoms with Crippen LogP contribution < -0.4 is 4.90 Å². The molecule has 8 nitrogen and oxygen atoms in total. The summed E-state index contributed by atoms with van der Waals surface area (Å²) in [5, 5.41) is 0. The molecule has 176 valence electrons. The Morgan fingerprint density at radius 2 is 1.72 bits per heavy atom. The Kier molecular flexibility index (Phi) is 9.46. The van der Waals surface area contributed by atoms with Crippen molar-refractivity contribution in [2.45, 2.75) is 64.4 Å². The number of hydrogen-bond donors (Lipinski definition) is 0. The van der Waals surface area contributed by atoms with Gasteiger partial charge in [0.2, 0.25) is 11.8 Å². The number of hydrogen-bond acceptors (Lipinski definition) is 7. The number of likely N-dealkylation sites (tertiary alicyclic amines) is 1. The quantitative estimate of drug-likeness (QED) is 0.278. The van der Waals surface area contributed by atoms with Crippen LogP contribution in [0.1, 0.15) is 58.3 Å². The Bertz CT molecular complexity index is 734. The molecule has 8 heteroatoms. The summed E-state index contributed by atoms with van der Waals surface area (Å²) >= 11 is 0. The van der Waals surface area contributed by atoms with E-state index in [0.717, 1.165) is 57.7 Å². The highest BCUT2D eigenvalue weighted by molar-refractivity contribution is 6.01. The topological polar surface area (TPSA) is 83.1 Å². The number of aromatic nitrogens is 1. The van der Waals surface area contributed by atoms with Gasteiger partial charge in [0.05, 0.1) is 6.54 Å². The van der Waals surface area contributed by atoms with E-state index in [4.69, 9.17) is 4.74 Å². The standard InChI is InChI=1S/C24H36N4O4/c1-2-3-4-5-6-10-24(31)32-20(19-28-22(29)11-12-23(28)30)18-26-14-16-27(17-15-26)21-9-7-8-13-25-21/h7-9,13,20H,2-6,10-12,14-19H2,1H3. The third-order valence-electron chi connectivity index (χ3n) is 6.13. The number of nitrogens with zero attached hydrogens (tertiary/aromatic N) is 4. The third kappa shape index (κ3) is 7.29.